The van der Waals surface area contributed by atoms with Crippen LogP contribution in [0.2, 0.25) is 0 Å². The molecular formula is C9H16ClNS. The largest absolute Gasteiger partial charge is 0.330 e. The number of halogens is 1. The molecule has 1 rings (SSSR count). The summed E-state index contributed by atoms with van der Waals surface area (Å²) in [6, 6.07) is 4.32. The molecule has 1 nitrogen and oxygen atoms in total. The molecule has 1 aromatic rings. The third-order valence-electron chi connectivity index (χ3n) is 1.71. The smallest absolute Gasteiger partial charge is 0.00452 e. The molecule has 0 aliphatic heterocycles. The first-order valence-corrected chi connectivity index (χ1v) is 5.04. The number of unbranched alkanes of at least 4 members (excludes halogenated alkanes) is 2. The van der Waals surface area contributed by atoms with Gasteiger partial charge in [0.05, 0.1) is 0 Å². The minimum absolute atomic E-state index is 0. The summed E-state index contributed by atoms with van der Waals surface area (Å²) in [5.74, 6) is 0. The number of hydrogen-bond acceptors (Lipinski definition) is 2. The first kappa shape index (κ1) is 11.9. The highest BCUT2D eigenvalue weighted by molar-refractivity contribution is 7.09. The fraction of sp³-hybridized carbons (Fsp3) is 0.556. The highest BCUT2D eigenvalue weighted by Gasteiger charge is 1.92. The summed E-state index contributed by atoms with van der Waals surface area (Å²) in [6.45, 7) is 0.838. The van der Waals surface area contributed by atoms with E-state index < -0.39 is 0 Å². The summed E-state index contributed by atoms with van der Waals surface area (Å²) in [6.07, 6.45) is 4.97. The van der Waals surface area contributed by atoms with Gasteiger partial charge in [0.15, 0.2) is 0 Å². The van der Waals surface area contributed by atoms with E-state index in [2.05, 4.69) is 17.5 Å². The molecule has 0 saturated heterocycles. The van der Waals surface area contributed by atoms with Crippen molar-refractivity contribution in [3.05, 3.63) is 22.4 Å². The lowest BCUT2D eigenvalue weighted by atomic mass is 10.2. The topological polar surface area (TPSA) is 26.0 Å². The minimum Gasteiger partial charge on any atom is -0.330 e. The van der Waals surface area contributed by atoms with Crippen LogP contribution < -0.4 is 5.73 Å². The third kappa shape index (κ3) is 4.75. The van der Waals surface area contributed by atoms with Crippen LogP contribution in [0.25, 0.3) is 0 Å². The van der Waals surface area contributed by atoms with Crippen LogP contribution in [0.4, 0.5) is 0 Å². The van der Waals surface area contributed by atoms with E-state index in [9.17, 15) is 0 Å². The Morgan fingerprint density at radius 2 is 2.08 bits per heavy atom. The van der Waals surface area contributed by atoms with Gasteiger partial charge in [-0.15, -0.1) is 23.7 Å². The van der Waals surface area contributed by atoms with E-state index in [-0.39, 0.29) is 12.4 Å². The Bertz CT molecular complexity index is 175. The van der Waals surface area contributed by atoms with E-state index in [1.54, 1.807) is 0 Å². The van der Waals surface area contributed by atoms with E-state index in [0.717, 1.165) is 6.54 Å². The van der Waals surface area contributed by atoms with E-state index in [4.69, 9.17) is 5.73 Å². The van der Waals surface area contributed by atoms with E-state index in [0.29, 0.717) is 0 Å². The van der Waals surface area contributed by atoms with Crippen molar-refractivity contribution in [1.82, 2.24) is 0 Å². The molecular weight excluding hydrogens is 190 g/mol. The van der Waals surface area contributed by atoms with Gasteiger partial charge in [0, 0.05) is 4.88 Å². The first-order chi connectivity index (χ1) is 5.43. The summed E-state index contributed by atoms with van der Waals surface area (Å²) in [5.41, 5.74) is 5.39. The summed E-state index contributed by atoms with van der Waals surface area (Å²) < 4.78 is 0. The number of rotatable bonds is 5. The summed E-state index contributed by atoms with van der Waals surface area (Å²) in [7, 11) is 0. The molecule has 0 atom stereocenters. The van der Waals surface area contributed by atoms with Crippen molar-refractivity contribution >= 4 is 23.7 Å². The molecule has 1 heterocycles. The SMILES string of the molecule is Cl.NCCCCCc1cccs1. The lowest BCUT2D eigenvalue weighted by Gasteiger charge is -1.95. The molecule has 0 bridgehead atoms. The van der Waals surface area contributed by atoms with Gasteiger partial charge in [-0.3, -0.25) is 0 Å². The van der Waals surface area contributed by atoms with Gasteiger partial charge in [0.2, 0.25) is 0 Å². The molecule has 0 fully saturated rings. The number of hydrogen-bond donors (Lipinski definition) is 1. The molecule has 0 spiro atoms. The fourth-order valence-electron chi connectivity index (χ4n) is 1.08. The zero-order chi connectivity index (χ0) is 7.94. The van der Waals surface area contributed by atoms with Crippen molar-refractivity contribution in [1.29, 1.82) is 0 Å². The predicted octanol–water partition coefficient (Wildman–Crippen LogP) is 2.84. The van der Waals surface area contributed by atoms with Crippen LogP contribution in [-0.4, -0.2) is 6.54 Å². The highest BCUT2D eigenvalue weighted by Crippen LogP contribution is 2.12. The van der Waals surface area contributed by atoms with Crippen LogP contribution in [0, 0.1) is 0 Å². The maximum atomic E-state index is 5.39. The summed E-state index contributed by atoms with van der Waals surface area (Å²) in [4.78, 5) is 1.50. The van der Waals surface area contributed by atoms with Gasteiger partial charge in [0.25, 0.3) is 0 Å². The van der Waals surface area contributed by atoms with Gasteiger partial charge >= 0.3 is 0 Å². The van der Waals surface area contributed by atoms with E-state index in [1.807, 2.05) is 11.3 Å². The Morgan fingerprint density at radius 3 is 2.67 bits per heavy atom. The average molecular weight is 206 g/mol. The van der Waals surface area contributed by atoms with E-state index in [1.165, 1.54) is 30.6 Å². The van der Waals surface area contributed by atoms with Crippen LogP contribution in [0.5, 0.6) is 0 Å². The Balaban J connectivity index is 0.00000121. The van der Waals surface area contributed by atoms with Gasteiger partial charge in [0.1, 0.15) is 0 Å². The normalized spacial score (nSPS) is 9.42. The molecule has 0 unspecified atom stereocenters. The first-order valence-electron chi connectivity index (χ1n) is 4.16. The number of thiophene rings is 1. The molecule has 3 heteroatoms. The molecule has 12 heavy (non-hydrogen) atoms. The van der Waals surface area contributed by atoms with Crippen molar-refractivity contribution < 1.29 is 0 Å². The van der Waals surface area contributed by atoms with Crippen LogP contribution in [-0.2, 0) is 6.42 Å². The molecule has 1 aromatic heterocycles. The van der Waals surface area contributed by atoms with Gasteiger partial charge < -0.3 is 5.73 Å². The zero-order valence-electron chi connectivity index (χ0n) is 7.16. The molecule has 0 aliphatic carbocycles. The second kappa shape index (κ2) is 7.59. The monoisotopic (exact) mass is 205 g/mol. The van der Waals surface area contributed by atoms with Gasteiger partial charge in [-0.25, -0.2) is 0 Å². The minimum atomic E-state index is 0. The van der Waals surface area contributed by atoms with Crippen molar-refractivity contribution in [3.8, 4) is 0 Å². The quantitative estimate of drug-likeness (QED) is 0.736. The maximum absolute atomic E-state index is 5.39. The van der Waals surface area contributed by atoms with Crippen molar-refractivity contribution in [2.75, 3.05) is 6.54 Å². The van der Waals surface area contributed by atoms with Crippen molar-refractivity contribution in [3.63, 3.8) is 0 Å². The van der Waals surface area contributed by atoms with Crippen molar-refractivity contribution in [2.24, 2.45) is 5.73 Å². The third-order valence-corrected chi connectivity index (χ3v) is 2.64. The molecule has 0 amide bonds. The Morgan fingerprint density at radius 1 is 1.25 bits per heavy atom. The molecule has 70 valence electrons. The van der Waals surface area contributed by atoms with Crippen molar-refractivity contribution in [2.45, 2.75) is 25.7 Å². The average Bonchev–Trinajstić information content (AvgIpc) is 2.50. The van der Waals surface area contributed by atoms with Crippen LogP contribution in [0.3, 0.4) is 0 Å². The van der Waals surface area contributed by atoms with Crippen LogP contribution in [0.1, 0.15) is 24.1 Å². The summed E-state index contributed by atoms with van der Waals surface area (Å²) in [5, 5.41) is 2.14. The molecule has 0 radical (unpaired) electrons. The number of nitrogens with two attached hydrogens (primary N) is 1. The zero-order valence-corrected chi connectivity index (χ0v) is 8.79. The molecule has 0 saturated carbocycles. The lowest BCUT2D eigenvalue weighted by molar-refractivity contribution is 0.690. The Hall–Kier alpha value is -0.0500. The summed E-state index contributed by atoms with van der Waals surface area (Å²) >= 11 is 1.85. The fourth-order valence-corrected chi connectivity index (χ4v) is 1.83. The standard InChI is InChI=1S/C9H15NS.ClH/c10-7-3-1-2-5-9-6-4-8-11-9;/h4,6,8H,1-3,5,7,10H2;1H. The molecule has 0 aliphatic rings. The van der Waals surface area contributed by atoms with Crippen LogP contribution in [0.15, 0.2) is 17.5 Å². The Kier molecular flexibility index (Phi) is 7.56. The van der Waals surface area contributed by atoms with Gasteiger partial charge in [-0.2, -0.15) is 0 Å². The number of aryl methyl sites for hydroxylation is 1. The second-order valence-corrected chi connectivity index (χ2v) is 3.71. The predicted molar refractivity (Wildman–Crippen MR) is 58.2 cm³/mol. The second-order valence-electron chi connectivity index (χ2n) is 2.68. The van der Waals surface area contributed by atoms with Gasteiger partial charge in [-0.05, 0) is 37.3 Å². The Labute approximate surface area is 84.4 Å². The van der Waals surface area contributed by atoms with E-state index >= 15 is 0 Å². The van der Waals surface area contributed by atoms with Crippen LogP contribution >= 0.6 is 23.7 Å². The maximum Gasteiger partial charge on any atom is 0.00452 e. The molecule has 2 N–H and O–H groups in total. The van der Waals surface area contributed by atoms with Gasteiger partial charge in [-0.1, -0.05) is 12.5 Å². The molecule has 0 aromatic carbocycles. The highest BCUT2D eigenvalue weighted by atomic mass is 35.5. The lowest BCUT2D eigenvalue weighted by Crippen LogP contribution is -1.97.